The minimum atomic E-state index is -5.80. The van der Waals surface area contributed by atoms with Gasteiger partial charge in [0.25, 0.3) is 12.2 Å². The number of halogens is 12. The van der Waals surface area contributed by atoms with Crippen LogP contribution in [0.5, 0.6) is 11.5 Å². The number of ether oxygens (including phenoxy) is 6. The number of piperazine rings is 2. The normalized spacial score (nSPS) is 15.8. The maximum atomic E-state index is 12.8. The molecule has 2 aromatic carbocycles. The smallest absolute Gasteiger partial charge is 0.546 e. The van der Waals surface area contributed by atoms with Crippen LogP contribution in [0.2, 0.25) is 0 Å². The summed E-state index contributed by atoms with van der Waals surface area (Å²) in [5, 5.41) is 11.3. The quantitative estimate of drug-likeness (QED) is 0.0793. The zero-order valence-electron chi connectivity index (χ0n) is 42.6. The van der Waals surface area contributed by atoms with Crippen molar-refractivity contribution >= 4 is 30.1 Å². The predicted octanol–water partition coefficient (Wildman–Crippen LogP) is 4.64. The summed E-state index contributed by atoms with van der Waals surface area (Å²) in [6, 6.07) is 10.4. The van der Waals surface area contributed by atoms with Gasteiger partial charge in [-0.05, 0) is 64.8 Å². The molecule has 0 aliphatic carbocycles. The van der Waals surface area contributed by atoms with Crippen LogP contribution in [0, 0.1) is 19.8 Å². The maximum absolute atomic E-state index is 12.8. The first kappa shape index (κ1) is 66.2. The van der Waals surface area contributed by atoms with Gasteiger partial charge in [-0.15, -0.1) is 0 Å². The minimum Gasteiger partial charge on any atom is -0.546 e. The van der Waals surface area contributed by atoms with Crippen LogP contribution in [-0.2, 0) is 46.4 Å². The zero-order chi connectivity index (χ0) is 56.5. The van der Waals surface area contributed by atoms with Gasteiger partial charge in [0.15, 0.2) is 5.60 Å². The Kier molecular flexibility index (Phi) is 23.3. The Bertz CT molecular complexity index is 2240. The van der Waals surface area contributed by atoms with E-state index in [2.05, 4.69) is 9.47 Å². The molecule has 2 fully saturated rings. The summed E-state index contributed by atoms with van der Waals surface area (Å²) in [6.45, 7) is 14.2. The average molecular weight is 1110 g/mol. The number of carbonyl (C=O) groups excluding carboxylic acids is 5. The van der Waals surface area contributed by atoms with Crippen LogP contribution in [0.3, 0.4) is 0 Å². The van der Waals surface area contributed by atoms with Crippen LogP contribution in [0.4, 0.5) is 62.3 Å². The third kappa shape index (κ3) is 20.5. The Morgan fingerprint density at radius 1 is 0.533 bits per heavy atom. The molecule has 0 N–H and O–H groups in total. The largest absolute Gasteiger partial charge is 1.00 e. The fourth-order valence-corrected chi connectivity index (χ4v) is 6.67. The molecule has 0 bridgehead atoms. The molecule has 0 aromatic heterocycles. The van der Waals surface area contributed by atoms with E-state index in [1.165, 1.54) is 34.6 Å². The number of amides is 2. The molecule has 2 aromatic rings. The van der Waals surface area contributed by atoms with Crippen molar-refractivity contribution in [3.8, 4) is 11.5 Å². The number of carbonyl (C=O) groups is 5. The van der Waals surface area contributed by atoms with Crippen molar-refractivity contribution in [3.63, 3.8) is 0 Å². The molecule has 0 saturated carbocycles. The van der Waals surface area contributed by atoms with Crippen molar-refractivity contribution in [2.75, 3.05) is 52.4 Å². The topological polar surface area (TPSA) is 177 Å². The van der Waals surface area contributed by atoms with Crippen LogP contribution in [0.1, 0.15) is 70.7 Å². The molecule has 2 saturated heterocycles. The minimum absolute atomic E-state index is 0. The summed E-state index contributed by atoms with van der Waals surface area (Å²) < 4.78 is 181. The molecule has 0 radical (unpaired) electrons. The second kappa shape index (κ2) is 26.4. The van der Waals surface area contributed by atoms with Crippen molar-refractivity contribution < 1.29 is 140 Å². The third-order valence-electron chi connectivity index (χ3n) is 10.9. The van der Waals surface area contributed by atoms with E-state index in [4.69, 9.17) is 18.9 Å². The Morgan fingerprint density at radius 3 is 1.17 bits per heavy atom. The van der Waals surface area contributed by atoms with Crippen LogP contribution in [0.25, 0.3) is 0 Å². The average Bonchev–Trinajstić information content (AvgIpc) is 3.25. The van der Waals surface area contributed by atoms with Gasteiger partial charge in [-0.1, -0.05) is 38.1 Å². The van der Waals surface area contributed by atoms with Crippen molar-refractivity contribution in [1.29, 1.82) is 0 Å². The second-order valence-electron chi connectivity index (χ2n) is 18.5. The number of aryl methyl sites for hydroxylation is 2. The van der Waals surface area contributed by atoms with Gasteiger partial charge in [-0.25, -0.2) is 14.4 Å². The number of rotatable bonds is 15. The van der Waals surface area contributed by atoms with E-state index in [0.717, 1.165) is 20.9 Å². The predicted molar refractivity (Wildman–Crippen MR) is 232 cm³/mol. The molecular formula is C46H57F12N4NaO12. The Labute approximate surface area is 446 Å². The summed E-state index contributed by atoms with van der Waals surface area (Å²) in [5.74, 6) is -2.54. The van der Waals surface area contributed by atoms with Gasteiger partial charge in [0.05, 0.1) is 11.9 Å². The number of nitrogens with zero attached hydrogens (tertiary/aromatic N) is 4. The van der Waals surface area contributed by atoms with E-state index < -0.39 is 90.4 Å². The van der Waals surface area contributed by atoms with E-state index >= 15 is 0 Å². The summed E-state index contributed by atoms with van der Waals surface area (Å²) in [5.41, 5.74) is -0.265. The molecule has 2 heterocycles. The summed E-state index contributed by atoms with van der Waals surface area (Å²) in [4.78, 5) is 64.9. The number of hydrogen-bond acceptors (Lipinski definition) is 14. The molecule has 1 unspecified atom stereocenters. The molecule has 2 amide bonds. The van der Waals surface area contributed by atoms with Gasteiger partial charge in [-0.3, -0.25) is 14.6 Å². The molecule has 4 rings (SSSR count). The molecule has 29 heteroatoms. The fraction of sp³-hybridized carbons (Fsp3) is 0.630. The number of carboxylic acids is 1. The summed E-state index contributed by atoms with van der Waals surface area (Å²) in [6.07, 6.45) is -36.1. The number of hydrogen-bond donors (Lipinski definition) is 0. The Hall–Kier alpha value is -4.93. The fourth-order valence-electron chi connectivity index (χ4n) is 6.67. The van der Waals surface area contributed by atoms with E-state index in [1.807, 2.05) is 4.90 Å². The SMILES string of the molecule is Cc1ccc(CN2CCN(C(=O)OC(C(F)(F)F)C(F)(F)F)CC2)c(OC(C)(C)C(=O)OC(C)OC(=O)C(C)C)c1.Cc1ccc(CN2CCN(C(=O)OC(C(F)(F)F)C(F)(F)F)CC2)c(OC(C)(C)C(=O)[O-])c1.[Na+]. The number of esters is 2. The monoisotopic (exact) mass is 1110 g/mol. The first-order chi connectivity index (χ1) is 33.7. The van der Waals surface area contributed by atoms with Crippen molar-refractivity contribution in [2.24, 2.45) is 5.92 Å². The van der Waals surface area contributed by atoms with Crippen LogP contribution in [-0.4, -0.2) is 156 Å². The number of aliphatic carboxylic acids is 1. The standard InChI is InChI=1S/C26H34F6N2O7.C20H24F6N2O5.Na/c1-15(2)20(35)38-17(4)39-22(36)24(5,6)41-19-13-16(3)7-8-18(19)14-33-9-11-34(12-10-33)23(37)40-21(25(27,28)29)26(30,31)32;1-12-4-5-13(14(10-12)33-18(2,3)16(29)30)11-27-6-8-28(9-7-27)17(31)32-15(19(21,22)23)20(24,25)26;/h7-8,13,15,17,21H,9-12,14H2,1-6H3;4-5,10,15H,6-9,11H2,1-3H3,(H,29,30);/q;;+1/p-1. The Balaban J connectivity index is 0.000000518. The number of carboxylic acid groups (broad SMARTS) is 1. The second-order valence-corrected chi connectivity index (χ2v) is 18.5. The molecular weight excluding hydrogens is 1050 g/mol. The third-order valence-corrected chi connectivity index (χ3v) is 10.9. The summed E-state index contributed by atoms with van der Waals surface area (Å²) in [7, 11) is 0. The molecule has 16 nitrogen and oxygen atoms in total. The van der Waals surface area contributed by atoms with Crippen LogP contribution in [0.15, 0.2) is 36.4 Å². The number of benzene rings is 2. The first-order valence-corrected chi connectivity index (χ1v) is 22.5. The van der Waals surface area contributed by atoms with E-state index in [1.54, 1.807) is 69.0 Å². The molecule has 2 aliphatic heterocycles. The van der Waals surface area contributed by atoms with Gasteiger partial charge < -0.3 is 48.1 Å². The van der Waals surface area contributed by atoms with E-state index in [0.29, 0.717) is 22.6 Å². The number of alkyl halides is 12. The molecule has 2 aliphatic rings. The molecule has 418 valence electrons. The van der Waals surface area contributed by atoms with E-state index in [-0.39, 0.29) is 95.0 Å². The van der Waals surface area contributed by atoms with Gasteiger partial charge in [0.2, 0.25) is 6.29 Å². The maximum Gasteiger partial charge on any atom is 1.00 e. The van der Waals surface area contributed by atoms with Crippen molar-refractivity contribution in [2.45, 2.75) is 130 Å². The van der Waals surface area contributed by atoms with E-state index in [9.17, 15) is 81.8 Å². The first-order valence-electron chi connectivity index (χ1n) is 22.5. The van der Waals surface area contributed by atoms with Crippen LogP contribution >= 0.6 is 0 Å². The van der Waals surface area contributed by atoms with Gasteiger partial charge in [0, 0.05) is 83.5 Å². The zero-order valence-corrected chi connectivity index (χ0v) is 44.6. The van der Waals surface area contributed by atoms with Gasteiger partial charge >= 0.3 is 78.4 Å². The van der Waals surface area contributed by atoms with Crippen molar-refractivity contribution in [3.05, 3.63) is 58.7 Å². The molecule has 0 spiro atoms. The van der Waals surface area contributed by atoms with Crippen LogP contribution < -0.4 is 44.1 Å². The molecule has 1 atom stereocenters. The Morgan fingerprint density at radius 2 is 0.867 bits per heavy atom. The molecule has 75 heavy (non-hydrogen) atoms. The van der Waals surface area contributed by atoms with Gasteiger partial charge in [0.1, 0.15) is 17.1 Å². The van der Waals surface area contributed by atoms with Crippen molar-refractivity contribution in [1.82, 2.24) is 19.6 Å². The summed E-state index contributed by atoms with van der Waals surface area (Å²) >= 11 is 0. The van der Waals surface area contributed by atoms with Gasteiger partial charge in [-0.2, -0.15) is 52.7 Å².